The number of nitrogens with zero attached hydrogens (tertiary/aromatic N) is 3. The summed E-state index contributed by atoms with van der Waals surface area (Å²) in [6, 6.07) is 18.9. The van der Waals surface area contributed by atoms with Crippen molar-refractivity contribution < 1.29 is 9.47 Å². The first kappa shape index (κ1) is 18.2. The first-order chi connectivity index (χ1) is 14.7. The van der Waals surface area contributed by atoms with Crippen molar-refractivity contribution in [2.24, 2.45) is 0 Å². The molecule has 1 aliphatic heterocycles. The lowest BCUT2D eigenvalue weighted by Crippen LogP contribution is -2.41. The number of rotatable bonds is 5. The normalized spacial score (nSPS) is 12.4. The summed E-state index contributed by atoms with van der Waals surface area (Å²) in [5, 5.41) is 0. The highest BCUT2D eigenvalue weighted by molar-refractivity contribution is 5.73. The lowest BCUT2D eigenvalue weighted by molar-refractivity contribution is 0.174. The van der Waals surface area contributed by atoms with Crippen molar-refractivity contribution >= 4 is 11.0 Å². The highest BCUT2D eigenvalue weighted by Crippen LogP contribution is 2.32. The zero-order valence-corrected chi connectivity index (χ0v) is 16.2. The molecular weight excluding hydrogens is 382 g/mol. The highest BCUT2D eigenvalue weighted by atomic mass is 16.7. The molecular formula is C23H19N3O4. The number of benzene rings is 2. The fourth-order valence-electron chi connectivity index (χ4n) is 3.71. The van der Waals surface area contributed by atoms with E-state index in [2.05, 4.69) is 4.98 Å². The summed E-state index contributed by atoms with van der Waals surface area (Å²) in [6.45, 7) is 0.754. The van der Waals surface area contributed by atoms with Crippen molar-refractivity contribution in [3.05, 3.63) is 98.8 Å². The topological polar surface area (TPSA) is 75.4 Å². The van der Waals surface area contributed by atoms with Crippen LogP contribution in [0.25, 0.3) is 11.0 Å². The SMILES string of the molecule is O=c1c2ncccc2n(CCc2ccccc2)c(=O)n1Cc1ccc2c(c1)OCO2. The van der Waals surface area contributed by atoms with Crippen molar-refractivity contribution in [2.45, 2.75) is 19.5 Å². The number of ether oxygens (including phenoxy) is 2. The molecule has 3 heterocycles. The summed E-state index contributed by atoms with van der Waals surface area (Å²) >= 11 is 0. The van der Waals surface area contributed by atoms with E-state index >= 15 is 0 Å². The van der Waals surface area contributed by atoms with Crippen LogP contribution in [-0.4, -0.2) is 20.9 Å². The summed E-state index contributed by atoms with van der Waals surface area (Å²) in [7, 11) is 0. The Hall–Kier alpha value is -3.87. The van der Waals surface area contributed by atoms with Crippen LogP contribution in [0.15, 0.2) is 76.4 Å². The van der Waals surface area contributed by atoms with Gasteiger partial charge in [-0.05, 0) is 41.8 Å². The number of hydrogen-bond donors (Lipinski definition) is 0. The summed E-state index contributed by atoms with van der Waals surface area (Å²) in [5.41, 5.74) is 1.98. The molecule has 7 heteroatoms. The zero-order valence-electron chi connectivity index (χ0n) is 16.2. The van der Waals surface area contributed by atoms with Gasteiger partial charge in [-0.3, -0.25) is 13.9 Å². The fraction of sp³-hybridized carbons (Fsp3) is 0.174. The molecule has 0 amide bonds. The lowest BCUT2D eigenvalue weighted by atomic mass is 10.1. The summed E-state index contributed by atoms with van der Waals surface area (Å²) in [6.07, 6.45) is 2.24. The Kier molecular flexibility index (Phi) is 4.55. The van der Waals surface area contributed by atoms with Gasteiger partial charge in [-0.2, -0.15) is 0 Å². The molecule has 0 bridgehead atoms. The first-order valence-electron chi connectivity index (χ1n) is 9.71. The third-order valence-electron chi connectivity index (χ3n) is 5.23. The van der Waals surface area contributed by atoms with E-state index in [1.807, 2.05) is 36.4 Å². The van der Waals surface area contributed by atoms with Gasteiger partial charge in [0.1, 0.15) is 0 Å². The molecule has 0 radical (unpaired) electrons. The number of pyridine rings is 1. The number of aromatic nitrogens is 3. The van der Waals surface area contributed by atoms with E-state index in [0.29, 0.717) is 30.0 Å². The van der Waals surface area contributed by atoms with Crippen LogP contribution < -0.4 is 20.7 Å². The molecule has 0 fully saturated rings. The Morgan fingerprint density at radius 2 is 1.70 bits per heavy atom. The molecule has 0 aliphatic carbocycles. The molecule has 0 saturated carbocycles. The second-order valence-corrected chi connectivity index (χ2v) is 7.12. The molecule has 30 heavy (non-hydrogen) atoms. The monoisotopic (exact) mass is 401 g/mol. The Morgan fingerprint density at radius 1 is 0.867 bits per heavy atom. The van der Waals surface area contributed by atoms with Crippen molar-refractivity contribution in [3.63, 3.8) is 0 Å². The van der Waals surface area contributed by atoms with E-state index in [0.717, 1.165) is 11.1 Å². The Bertz CT molecular complexity index is 1340. The van der Waals surface area contributed by atoms with Gasteiger partial charge < -0.3 is 9.47 Å². The van der Waals surface area contributed by atoms with Crippen LogP contribution in [0.3, 0.4) is 0 Å². The third-order valence-corrected chi connectivity index (χ3v) is 5.23. The van der Waals surface area contributed by atoms with E-state index in [1.165, 1.54) is 4.57 Å². The van der Waals surface area contributed by atoms with Crippen LogP contribution in [0.1, 0.15) is 11.1 Å². The number of hydrogen-bond acceptors (Lipinski definition) is 5. The minimum absolute atomic E-state index is 0.131. The van der Waals surface area contributed by atoms with E-state index in [1.54, 1.807) is 35.0 Å². The molecule has 2 aromatic carbocycles. The molecule has 0 saturated heterocycles. The van der Waals surface area contributed by atoms with Gasteiger partial charge in [0.15, 0.2) is 17.0 Å². The fourth-order valence-corrected chi connectivity index (χ4v) is 3.71. The van der Waals surface area contributed by atoms with Crippen LogP contribution in [0, 0.1) is 0 Å². The predicted octanol–water partition coefficient (Wildman–Crippen LogP) is 2.58. The maximum Gasteiger partial charge on any atom is 0.331 e. The molecule has 4 aromatic rings. The van der Waals surface area contributed by atoms with Gasteiger partial charge >= 0.3 is 5.69 Å². The highest BCUT2D eigenvalue weighted by Gasteiger charge is 2.17. The van der Waals surface area contributed by atoms with Crippen LogP contribution >= 0.6 is 0 Å². The average Bonchev–Trinajstić information content (AvgIpc) is 3.25. The van der Waals surface area contributed by atoms with Crippen LogP contribution in [-0.2, 0) is 19.5 Å². The van der Waals surface area contributed by atoms with Gasteiger partial charge in [-0.15, -0.1) is 0 Å². The molecule has 0 unspecified atom stereocenters. The molecule has 1 aliphatic rings. The molecule has 5 rings (SSSR count). The van der Waals surface area contributed by atoms with Gasteiger partial charge in [0.05, 0.1) is 12.1 Å². The maximum absolute atomic E-state index is 13.3. The van der Waals surface area contributed by atoms with Crippen molar-refractivity contribution in [1.82, 2.24) is 14.1 Å². The van der Waals surface area contributed by atoms with Gasteiger partial charge in [-0.1, -0.05) is 36.4 Å². The van der Waals surface area contributed by atoms with Crippen molar-refractivity contribution in [2.75, 3.05) is 6.79 Å². The second kappa shape index (κ2) is 7.51. The number of fused-ring (bicyclic) bond motifs is 2. The smallest absolute Gasteiger partial charge is 0.331 e. The van der Waals surface area contributed by atoms with Crippen molar-refractivity contribution in [1.29, 1.82) is 0 Å². The standard InChI is InChI=1S/C23H19N3O4/c27-22-21-18(7-4-11-24-21)25(12-10-16-5-2-1-3-6-16)23(28)26(22)14-17-8-9-19-20(13-17)30-15-29-19/h1-9,11,13H,10,12,14-15H2. The second-order valence-electron chi connectivity index (χ2n) is 7.12. The van der Waals surface area contributed by atoms with Crippen LogP contribution in [0.5, 0.6) is 11.5 Å². The number of aryl methyl sites for hydroxylation is 2. The van der Waals surface area contributed by atoms with Crippen LogP contribution in [0.2, 0.25) is 0 Å². The van der Waals surface area contributed by atoms with Gasteiger partial charge in [-0.25, -0.2) is 9.78 Å². The Balaban J connectivity index is 1.58. The third kappa shape index (κ3) is 3.24. The van der Waals surface area contributed by atoms with E-state index < -0.39 is 5.56 Å². The minimum atomic E-state index is -0.399. The molecule has 0 N–H and O–H groups in total. The van der Waals surface area contributed by atoms with Gasteiger partial charge in [0.2, 0.25) is 6.79 Å². The summed E-state index contributed by atoms with van der Waals surface area (Å²) in [5.74, 6) is 1.27. The first-order valence-corrected chi connectivity index (χ1v) is 9.71. The maximum atomic E-state index is 13.3. The molecule has 150 valence electrons. The van der Waals surface area contributed by atoms with E-state index in [-0.39, 0.29) is 24.5 Å². The molecule has 2 aromatic heterocycles. The Labute approximate surface area is 171 Å². The predicted molar refractivity (Wildman–Crippen MR) is 112 cm³/mol. The van der Waals surface area contributed by atoms with E-state index in [4.69, 9.17) is 9.47 Å². The molecule has 0 spiro atoms. The Morgan fingerprint density at radius 3 is 2.57 bits per heavy atom. The molecule has 0 atom stereocenters. The van der Waals surface area contributed by atoms with Gasteiger partial charge in [0, 0.05) is 12.7 Å². The van der Waals surface area contributed by atoms with E-state index in [9.17, 15) is 9.59 Å². The zero-order chi connectivity index (χ0) is 20.5. The van der Waals surface area contributed by atoms with Crippen molar-refractivity contribution in [3.8, 4) is 11.5 Å². The summed E-state index contributed by atoms with van der Waals surface area (Å²) < 4.78 is 13.6. The van der Waals surface area contributed by atoms with Gasteiger partial charge in [0.25, 0.3) is 5.56 Å². The largest absolute Gasteiger partial charge is 0.454 e. The molecule has 7 nitrogen and oxygen atoms in total. The van der Waals surface area contributed by atoms with Crippen LogP contribution in [0.4, 0.5) is 0 Å². The summed E-state index contributed by atoms with van der Waals surface area (Å²) in [4.78, 5) is 30.6. The minimum Gasteiger partial charge on any atom is -0.454 e. The quantitative estimate of drug-likeness (QED) is 0.514. The average molecular weight is 401 g/mol. The lowest BCUT2D eigenvalue weighted by Gasteiger charge is -2.14.